The minimum Gasteiger partial charge on any atom is -0.335 e. The number of nitro groups is 1. The summed E-state index contributed by atoms with van der Waals surface area (Å²) in [5.74, 6) is -0.165. The number of benzene rings is 2. The first kappa shape index (κ1) is 15.9. The van der Waals surface area contributed by atoms with Gasteiger partial charge in [-0.25, -0.2) is 0 Å². The van der Waals surface area contributed by atoms with Crippen molar-refractivity contribution in [1.82, 2.24) is 4.90 Å². The topological polar surface area (TPSA) is 63.5 Å². The average molecular weight is 322 g/mol. The maximum Gasteiger partial charge on any atom is 0.273 e. The van der Waals surface area contributed by atoms with Gasteiger partial charge >= 0.3 is 0 Å². The fourth-order valence-electron chi connectivity index (χ4n) is 2.89. The highest BCUT2D eigenvalue weighted by Crippen LogP contribution is 2.24. The van der Waals surface area contributed by atoms with Crippen molar-refractivity contribution in [3.05, 3.63) is 81.4 Å². The lowest BCUT2D eigenvalue weighted by atomic mass is 9.99. The molecular formula is C19H18N2O3. The SMILES string of the molecule is Cc1ccc(C(=O)N2CC=C(c3ccccc3)CC2)cc1[N+](=O)[O-]. The van der Waals surface area contributed by atoms with Gasteiger partial charge in [0, 0.05) is 30.3 Å². The maximum absolute atomic E-state index is 12.6. The highest BCUT2D eigenvalue weighted by atomic mass is 16.6. The average Bonchev–Trinajstić information content (AvgIpc) is 2.62. The second-order valence-corrected chi connectivity index (χ2v) is 5.85. The molecule has 0 bridgehead atoms. The number of carbonyl (C=O) groups is 1. The van der Waals surface area contributed by atoms with Gasteiger partial charge in [-0.3, -0.25) is 14.9 Å². The van der Waals surface area contributed by atoms with E-state index in [-0.39, 0.29) is 11.6 Å². The Morgan fingerprint density at radius 1 is 1.17 bits per heavy atom. The Labute approximate surface area is 140 Å². The van der Waals surface area contributed by atoms with Gasteiger partial charge < -0.3 is 4.90 Å². The second kappa shape index (κ2) is 6.66. The van der Waals surface area contributed by atoms with Gasteiger partial charge in [0.05, 0.1) is 4.92 Å². The van der Waals surface area contributed by atoms with Gasteiger partial charge in [0.1, 0.15) is 0 Å². The van der Waals surface area contributed by atoms with Crippen molar-refractivity contribution >= 4 is 17.2 Å². The molecule has 0 radical (unpaired) electrons. The molecule has 122 valence electrons. The molecular weight excluding hydrogens is 304 g/mol. The molecule has 0 saturated heterocycles. The summed E-state index contributed by atoms with van der Waals surface area (Å²) in [7, 11) is 0. The standard InChI is InChI=1S/C19H18N2O3/c1-14-7-8-17(13-18(14)21(23)24)19(22)20-11-9-16(10-12-20)15-5-3-2-4-6-15/h2-9,13H,10-12H2,1H3. The van der Waals surface area contributed by atoms with Crippen LogP contribution in [0.25, 0.3) is 5.57 Å². The summed E-state index contributed by atoms with van der Waals surface area (Å²) in [5.41, 5.74) is 3.31. The Hall–Kier alpha value is -2.95. The van der Waals surface area contributed by atoms with Crippen molar-refractivity contribution in [2.24, 2.45) is 0 Å². The lowest BCUT2D eigenvalue weighted by molar-refractivity contribution is -0.385. The van der Waals surface area contributed by atoms with Crippen LogP contribution in [-0.2, 0) is 0 Å². The number of amides is 1. The Kier molecular flexibility index (Phi) is 4.42. The molecule has 0 aromatic heterocycles. The van der Waals surface area contributed by atoms with Crippen LogP contribution in [0.5, 0.6) is 0 Å². The zero-order chi connectivity index (χ0) is 17.1. The van der Waals surface area contributed by atoms with Crippen LogP contribution in [0.3, 0.4) is 0 Å². The van der Waals surface area contributed by atoms with Crippen LogP contribution < -0.4 is 0 Å². The van der Waals surface area contributed by atoms with Gasteiger partial charge in [0.2, 0.25) is 0 Å². The summed E-state index contributed by atoms with van der Waals surface area (Å²) in [6.07, 6.45) is 2.84. The quantitative estimate of drug-likeness (QED) is 0.637. The van der Waals surface area contributed by atoms with Crippen LogP contribution in [0, 0.1) is 17.0 Å². The first-order chi connectivity index (χ1) is 11.6. The third kappa shape index (κ3) is 3.20. The molecule has 3 rings (SSSR count). The maximum atomic E-state index is 12.6. The molecule has 0 atom stereocenters. The minimum atomic E-state index is -0.449. The molecule has 2 aromatic carbocycles. The van der Waals surface area contributed by atoms with E-state index in [9.17, 15) is 14.9 Å². The van der Waals surface area contributed by atoms with Crippen molar-refractivity contribution in [3.63, 3.8) is 0 Å². The number of nitro benzene ring substituents is 1. The normalized spacial score (nSPS) is 14.2. The van der Waals surface area contributed by atoms with E-state index < -0.39 is 4.92 Å². The Balaban J connectivity index is 1.77. The smallest absolute Gasteiger partial charge is 0.273 e. The molecule has 0 unspecified atom stereocenters. The van der Waals surface area contributed by atoms with Gasteiger partial charge in [-0.2, -0.15) is 0 Å². The van der Waals surface area contributed by atoms with Crippen LogP contribution in [0.15, 0.2) is 54.6 Å². The van der Waals surface area contributed by atoms with Crippen molar-refractivity contribution in [1.29, 1.82) is 0 Å². The first-order valence-corrected chi connectivity index (χ1v) is 7.85. The summed E-state index contributed by atoms with van der Waals surface area (Å²) < 4.78 is 0. The van der Waals surface area contributed by atoms with E-state index in [0.717, 1.165) is 6.42 Å². The third-order valence-electron chi connectivity index (χ3n) is 4.29. The van der Waals surface area contributed by atoms with E-state index >= 15 is 0 Å². The van der Waals surface area contributed by atoms with E-state index in [4.69, 9.17) is 0 Å². The van der Waals surface area contributed by atoms with E-state index in [1.54, 1.807) is 24.0 Å². The summed E-state index contributed by atoms with van der Waals surface area (Å²) in [5, 5.41) is 11.0. The summed E-state index contributed by atoms with van der Waals surface area (Å²) >= 11 is 0. The minimum absolute atomic E-state index is 0.0154. The number of carbonyl (C=O) groups excluding carboxylic acids is 1. The fourth-order valence-corrected chi connectivity index (χ4v) is 2.89. The number of hydrogen-bond donors (Lipinski definition) is 0. The Bertz CT molecular complexity index is 813. The number of nitrogens with zero attached hydrogens (tertiary/aromatic N) is 2. The molecule has 2 aromatic rings. The molecule has 5 nitrogen and oxygen atoms in total. The molecule has 0 N–H and O–H groups in total. The van der Waals surface area contributed by atoms with Crippen LogP contribution >= 0.6 is 0 Å². The van der Waals surface area contributed by atoms with Crippen LogP contribution in [0.4, 0.5) is 5.69 Å². The van der Waals surface area contributed by atoms with Gasteiger partial charge in [-0.05, 0) is 30.5 Å². The largest absolute Gasteiger partial charge is 0.335 e. The number of hydrogen-bond acceptors (Lipinski definition) is 3. The van der Waals surface area contributed by atoms with E-state index in [0.29, 0.717) is 24.2 Å². The summed E-state index contributed by atoms with van der Waals surface area (Å²) in [6.45, 7) is 2.80. The molecule has 0 spiro atoms. The molecule has 1 aliphatic rings. The van der Waals surface area contributed by atoms with Gasteiger partial charge in [0.25, 0.3) is 11.6 Å². The molecule has 0 saturated carbocycles. The van der Waals surface area contributed by atoms with Gasteiger partial charge in [0.15, 0.2) is 0 Å². The van der Waals surface area contributed by atoms with E-state index in [1.807, 2.05) is 18.2 Å². The molecule has 5 heteroatoms. The molecule has 0 aliphatic carbocycles. The molecule has 24 heavy (non-hydrogen) atoms. The number of aryl methyl sites for hydroxylation is 1. The van der Waals surface area contributed by atoms with Crippen molar-refractivity contribution in [2.45, 2.75) is 13.3 Å². The predicted octanol–water partition coefficient (Wildman–Crippen LogP) is 3.83. The Morgan fingerprint density at radius 2 is 1.92 bits per heavy atom. The van der Waals surface area contributed by atoms with Gasteiger partial charge in [-0.1, -0.05) is 42.5 Å². The zero-order valence-electron chi connectivity index (χ0n) is 13.4. The van der Waals surface area contributed by atoms with Crippen molar-refractivity contribution < 1.29 is 9.72 Å². The van der Waals surface area contributed by atoms with Crippen LogP contribution in [-0.4, -0.2) is 28.8 Å². The van der Waals surface area contributed by atoms with E-state index in [2.05, 4.69) is 18.2 Å². The molecule has 1 heterocycles. The second-order valence-electron chi connectivity index (χ2n) is 5.85. The molecule has 1 amide bonds. The zero-order valence-corrected chi connectivity index (χ0v) is 13.4. The summed E-state index contributed by atoms with van der Waals surface area (Å²) in [4.78, 5) is 24.9. The highest BCUT2D eigenvalue weighted by molar-refractivity contribution is 5.95. The van der Waals surface area contributed by atoms with Gasteiger partial charge in [-0.15, -0.1) is 0 Å². The van der Waals surface area contributed by atoms with Crippen molar-refractivity contribution in [2.75, 3.05) is 13.1 Å². The number of rotatable bonds is 3. The third-order valence-corrected chi connectivity index (χ3v) is 4.29. The monoisotopic (exact) mass is 322 g/mol. The van der Waals surface area contributed by atoms with Crippen LogP contribution in [0.1, 0.15) is 27.9 Å². The highest BCUT2D eigenvalue weighted by Gasteiger charge is 2.21. The van der Waals surface area contributed by atoms with E-state index in [1.165, 1.54) is 17.2 Å². The lowest BCUT2D eigenvalue weighted by Crippen LogP contribution is -2.34. The molecule has 0 fully saturated rings. The van der Waals surface area contributed by atoms with Crippen molar-refractivity contribution in [3.8, 4) is 0 Å². The first-order valence-electron chi connectivity index (χ1n) is 7.85. The molecule has 1 aliphatic heterocycles. The Morgan fingerprint density at radius 3 is 2.54 bits per heavy atom. The summed E-state index contributed by atoms with van der Waals surface area (Å²) in [6, 6.07) is 14.8. The predicted molar refractivity (Wildman–Crippen MR) is 92.8 cm³/mol. The van der Waals surface area contributed by atoms with Crippen LogP contribution in [0.2, 0.25) is 0 Å². The fraction of sp³-hybridized carbons (Fsp3) is 0.211. The lowest BCUT2D eigenvalue weighted by Gasteiger charge is -2.26.